The second-order valence-electron chi connectivity index (χ2n) is 6.64. The highest BCUT2D eigenvalue weighted by Gasteiger charge is 2.24. The summed E-state index contributed by atoms with van der Waals surface area (Å²) in [6.45, 7) is 2.08. The number of nitrogens with zero attached hydrogens (tertiary/aromatic N) is 3. The summed E-state index contributed by atoms with van der Waals surface area (Å²) in [4.78, 5) is 13.7. The lowest BCUT2D eigenvalue weighted by atomic mass is 10.0. The molecule has 4 aromatic rings. The Bertz CT molecular complexity index is 1130. The number of unbranched alkanes of at least 4 members (excludes halogenated alkanes) is 1. The Morgan fingerprint density at radius 3 is 2.48 bits per heavy atom. The quantitative estimate of drug-likeness (QED) is 0.442. The summed E-state index contributed by atoms with van der Waals surface area (Å²) in [5, 5.41) is 0.848. The molecule has 1 atom stereocenters. The van der Waals surface area contributed by atoms with E-state index in [-0.39, 0.29) is 5.95 Å². The normalized spacial score (nSPS) is 12.3. The molecule has 4 N–H and O–H groups in total. The minimum Gasteiger partial charge on any atom is -0.611 e. The highest BCUT2D eigenvalue weighted by molar-refractivity contribution is 7.93. The first-order chi connectivity index (χ1) is 14.1. The van der Waals surface area contributed by atoms with Gasteiger partial charge in [-0.2, -0.15) is 0 Å². The number of anilines is 2. The van der Waals surface area contributed by atoms with Crippen LogP contribution in [0.1, 0.15) is 19.8 Å². The second-order valence-corrected chi connectivity index (χ2v) is 9.40. The monoisotopic (exact) mass is 423 g/mol. The molecule has 0 radical (unpaired) electrons. The number of thiophene rings is 1. The van der Waals surface area contributed by atoms with E-state index < -0.39 is 11.2 Å². The summed E-state index contributed by atoms with van der Waals surface area (Å²) >= 11 is 0.267. The van der Waals surface area contributed by atoms with Crippen LogP contribution >= 0.6 is 11.3 Å². The minimum atomic E-state index is -1.13. The SMILES string of the molecule is CCCC[S@+]([O-])c1sc2nc(-c3cnc(N)nc3)cc(-c3ccccc3)c2c1N. The number of nitrogens with two attached hydrogens (primary N) is 2. The number of nitrogen functional groups attached to an aromatic ring is 2. The van der Waals surface area contributed by atoms with Gasteiger partial charge in [0.15, 0.2) is 0 Å². The van der Waals surface area contributed by atoms with Crippen molar-refractivity contribution in [3.8, 4) is 22.4 Å². The molecule has 3 aromatic heterocycles. The summed E-state index contributed by atoms with van der Waals surface area (Å²) < 4.78 is 13.5. The third-order valence-corrected chi connectivity index (χ3v) is 7.60. The van der Waals surface area contributed by atoms with Gasteiger partial charge in [0.25, 0.3) is 0 Å². The zero-order valence-corrected chi connectivity index (χ0v) is 17.6. The van der Waals surface area contributed by atoms with Crippen molar-refractivity contribution in [2.45, 2.75) is 24.0 Å². The van der Waals surface area contributed by atoms with E-state index >= 15 is 0 Å². The lowest BCUT2D eigenvalue weighted by Crippen LogP contribution is -2.06. The first-order valence-corrected chi connectivity index (χ1v) is 11.5. The van der Waals surface area contributed by atoms with E-state index in [4.69, 9.17) is 16.5 Å². The lowest BCUT2D eigenvalue weighted by Gasteiger charge is -2.09. The first-order valence-electron chi connectivity index (χ1n) is 9.33. The molecule has 0 bridgehead atoms. The third kappa shape index (κ3) is 3.91. The molecule has 148 valence electrons. The standard InChI is InChI=1S/C21H21N5OS2/c1-2-3-9-29(27)20-18(22)17-15(13-7-5-4-6-8-13)10-16(26-19(17)28-20)14-11-24-21(23)25-12-14/h4-8,10-12H,2-3,9,22H2,1H3,(H2,23,24,25)/t29-/m0/s1. The van der Waals surface area contributed by atoms with Gasteiger partial charge in [-0.25, -0.2) is 15.0 Å². The molecular weight excluding hydrogens is 402 g/mol. The number of pyridine rings is 1. The van der Waals surface area contributed by atoms with Crippen molar-refractivity contribution >= 4 is 44.4 Å². The molecule has 3 heterocycles. The topological polar surface area (TPSA) is 114 Å². The van der Waals surface area contributed by atoms with Crippen LogP contribution in [0.2, 0.25) is 0 Å². The maximum atomic E-state index is 12.8. The molecule has 0 fully saturated rings. The molecule has 1 aromatic carbocycles. The van der Waals surface area contributed by atoms with Gasteiger partial charge in [0.2, 0.25) is 10.2 Å². The van der Waals surface area contributed by atoms with Crippen LogP contribution in [0.25, 0.3) is 32.6 Å². The molecule has 0 unspecified atom stereocenters. The van der Waals surface area contributed by atoms with Crippen molar-refractivity contribution in [3.05, 3.63) is 48.8 Å². The molecular formula is C21H21N5OS2. The smallest absolute Gasteiger partial charge is 0.232 e. The molecule has 0 spiro atoms. The van der Waals surface area contributed by atoms with E-state index in [1.807, 2.05) is 36.4 Å². The molecule has 0 aliphatic heterocycles. The van der Waals surface area contributed by atoms with Gasteiger partial charge in [-0.15, -0.1) is 0 Å². The van der Waals surface area contributed by atoms with Crippen LogP contribution in [0.5, 0.6) is 0 Å². The Labute approximate surface area is 176 Å². The maximum Gasteiger partial charge on any atom is 0.232 e. The van der Waals surface area contributed by atoms with Gasteiger partial charge in [-0.05, 0) is 34.8 Å². The van der Waals surface area contributed by atoms with Gasteiger partial charge < -0.3 is 16.0 Å². The second kappa shape index (κ2) is 8.36. The fraction of sp³-hybridized carbons (Fsp3) is 0.190. The predicted octanol–water partition coefficient (Wildman–Crippen LogP) is 4.49. The predicted molar refractivity (Wildman–Crippen MR) is 121 cm³/mol. The number of hydrogen-bond acceptors (Lipinski definition) is 7. The molecule has 0 aliphatic rings. The van der Waals surface area contributed by atoms with Crippen molar-refractivity contribution in [2.24, 2.45) is 0 Å². The Morgan fingerprint density at radius 1 is 1.07 bits per heavy atom. The van der Waals surface area contributed by atoms with Gasteiger partial charge in [-0.3, -0.25) is 0 Å². The Hall–Kier alpha value is -2.68. The number of aromatic nitrogens is 3. The summed E-state index contributed by atoms with van der Waals surface area (Å²) in [6.07, 6.45) is 5.20. The third-order valence-electron chi connectivity index (χ3n) is 4.61. The fourth-order valence-electron chi connectivity index (χ4n) is 3.10. The lowest BCUT2D eigenvalue weighted by molar-refractivity contribution is 0.594. The maximum absolute atomic E-state index is 12.8. The molecule has 0 amide bonds. The van der Waals surface area contributed by atoms with E-state index in [2.05, 4.69) is 16.9 Å². The van der Waals surface area contributed by atoms with Crippen LogP contribution in [-0.4, -0.2) is 25.3 Å². The molecule has 8 heteroatoms. The molecule has 29 heavy (non-hydrogen) atoms. The Morgan fingerprint density at radius 2 is 1.79 bits per heavy atom. The van der Waals surface area contributed by atoms with Gasteiger partial charge in [0, 0.05) is 23.3 Å². The highest BCUT2D eigenvalue weighted by atomic mass is 32.2. The average molecular weight is 424 g/mol. The number of hydrogen-bond donors (Lipinski definition) is 2. The number of rotatable bonds is 6. The highest BCUT2D eigenvalue weighted by Crippen LogP contribution is 2.43. The van der Waals surface area contributed by atoms with Gasteiger partial charge in [0.05, 0.1) is 5.69 Å². The van der Waals surface area contributed by atoms with Crippen molar-refractivity contribution in [1.82, 2.24) is 15.0 Å². The summed E-state index contributed by atoms with van der Waals surface area (Å²) in [7, 11) is 0. The van der Waals surface area contributed by atoms with Gasteiger partial charge >= 0.3 is 0 Å². The van der Waals surface area contributed by atoms with Crippen LogP contribution in [0.15, 0.2) is 53.0 Å². The minimum absolute atomic E-state index is 0.215. The molecule has 4 rings (SSSR count). The molecule has 0 saturated carbocycles. The van der Waals surface area contributed by atoms with E-state index in [0.717, 1.165) is 45.4 Å². The number of fused-ring (bicyclic) bond motifs is 1. The molecule has 6 nitrogen and oxygen atoms in total. The zero-order chi connectivity index (χ0) is 20.4. The van der Waals surface area contributed by atoms with E-state index in [1.54, 1.807) is 12.4 Å². The van der Waals surface area contributed by atoms with E-state index in [9.17, 15) is 4.55 Å². The van der Waals surface area contributed by atoms with Crippen LogP contribution < -0.4 is 11.5 Å². The van der Waals surface area contributed by atoms with Gasteiger partial charge in [-0.1, -0.05) is 55.0 Å². The van der Waals surface area contributed by atoms with Crippen molar-refractivity contribution in [3.63, 3.8) is 0 Å². The van der Waals surface area contributed by atoms with Crippen molar-refractivity contribution in [2.75, 3.05) is 17.2 Å². The van der Waals surface area contributed by atoms with E-state index in [0.29, 0.717) is 15.6 Å². The fourth-order valence-corrected chi connectivity index (χ4v) is 5.90. The Balaban J connectivity index is 1.93. The van der Waals surface area contributed by atoms with Crippen LogP contribution in [0.3, 0.4) is 0 Å². The van der Waals surface area contributed by atoms with E-state index in [1.165, 1.54) is 11.3 Å². The molecule has 0 saturated heterocycles. The summed E-state index contributed by atoms with van der Waals surface area (Å²) in [5.41, 5.74) is 16.1. The summed E-state index contributed by atoms with van der Waals surface area (Å²) in [5.74, 6) is 0.819. The van der Waals surface area contributed by atoms with Crippen LogP contribution in [0, 0.1) is 0 Å². The summed E-state index contributed by atoms with van der Waals surface area (Å²) in [6, 6.07) is 12.0. The molecule has 0 aliphatic carbocycles. The average Bonchev–Trinajstić information content (AvgIpc) is 3.09. The first kappa shape index (κ1) is 19.6. The van der Waals surface area contributed by atoms with Crippen LogP contribution in [0.4, 0.5) is 11.6 Å². The van der Waals surface area contributed by atoms with Crippen molar-refractivity contribution < 1.29 is 4.55 Å². The van der Waals surface area contributed by atoms with Crippen LogP contribution in [-0.2, 0) is 11.2 Å². The number of benzene rings is 1. The zero-order valence-electron chi connectivity index (χ0n) is 16.0. The van der Waals surface area contributed by atoms with Crippen molar-refractivity contribution in [1.29, 1.82) is 0 Å². The van der Waals surface area contributed by atoms with Gasteiger partial charge in [0.1, 0.15) is 16.3 Å². The largest absolute Gasteiger partial charge is 0.611 e. The Kier molecular flexibility index (Phi) is 5.66.